The van der Waals surface area contributed by atoms with Crippen molar-refractivity contribution in [2.45, 2.75) is 19.9 Å². The third-order valence-corrected chi connectivity index (χ3v) is 5.36. The van der Waals surface area contributed by atoms with Gasteiger partial charge in [-0.25, -0.2) is 0 Å². The van der Waals surface area contributed by atoms with Crippen LogP contribution in [0.4, 0.5) is 5.69 Å². The molecule has 0 atom stereocenters. The number of carbonyl (C=O) groups is 2. The van der Waals surface area contributed by atoms with Crippen molar-refractivity contribution >= 4 is 23.3 Å². The fourth-order valence-corrected chi connectivity index (χ4v) is 3.48. The maximum Gasteiger partial charge on any atom is 0.251 e. The van der Waals surface area contributed by atoms with Crippen molar-refractivity contribution in [3.05, 3.63) is 88.5 Å². The van der Waals surface area contributed by atoms with Crippen LogP contribution in [-0.2, 0) is 17.8 Å². The van der Waals surface area contributed by atoms with Crippen molar-refractivity contribution in [1.29, 1.82) is 5.41 Å². The lowest BCUT2D eigenvalue weighted by molar-refractivity contribution is -0.115. The summed E-state index contributed by atoms with van der Waals surface area (Å²) in [6.07, 6.45) is 0.194. The van der Waals surface area contributed by atoms with Gasteiger partial charge in [-0.3, -0.25) is 15.0 Å². The normalized spacial score (nSPS) is 10.3. The molecule has 0 unspecified atom stereocenters. The highest BCUT2D eigenvalue weighted by Crippen LogP contribution is 2.29. The number of amides is 2. The van der Waals surface area contributed by atoms with Crippen molar-refractivity contribution in [3.63, 3.8) is 0 Å². The van der Waals surface area contributed by atoms with E-state index in [4.69, 9.17) is 20.6 Å². The number of amidine groups is 1. The van der Waals surface area contributed by atoms with Gasteiger partial charge in [0.15, 0.2) is 0 Å². The molecule has 0 aliphatic heterocycles. The molecule has 0 heterocycles. The summed E-state index contributed by atoms with van der Waals surface area (Å²) < 4.78 is 10.7. The Morgan fingerprint density at radius 3 is 2.18 bits per heavy atom. The zero-order valence-corrected chi connectivity index (χ0v) is 19.4. The first-order valence-electron chi connectivity index (χ1n) is 10.6. The Hall–Kier alpha value is -4.33. The molecular formula is C26H28N4O4. The van der Waals surface area contributed by atoms with Crippen molar-refractivity contribution in [2.75, 3.05) is 19.5 Å². The van der Waals surface area contributed by atoms with E-state index in [0.29, 0.717) is 33.9 Å². The van der Waals surface area contributed by atoms with E-state index in [1.54, 1.807) is 30.3 Å². The Bertz CT molecular complexity index is 1180. The van der Waals surface area contributed by atoms with E-state index in [2.05, 4.69) is 10.6 Å². The maximum atomic E-state index is 12.9. The minimum Gasteiger partial charge on any atom is -0.496 e. The molecule has 0 bridgehead atoms. The molecule has 0 aromatic heterocycles. The Kier molecular flexibility index (Phi) is 7.87. The first-order chi connectivity index (χ1) is 16.3. The second-order valence-corrected chi connectivity index (χ2v) is 7.68. The number of nitrogen functional groups attached to an aromatic ring is 1. The SMILES string of the molecule is COc1cc(C(=O)NCc2ccc(C(=N)N)cc2NC(=O)Cc2ccccc2)cc(OC)c1C. The number of hydrogen-bond donors (Lipinski definition) is 4. The van der Waals surface area contributed by atoms with Crippen LogP contribution >= 0.6 is 0 Å². The van der Waals surface area contributed by atoms with E-state index in [0.717, 1.165) is 11.1 Å². The minimum absolute atomic E-state index is 0.118. The lowest BCUT2D eigenvalue weighted by Gasteiger charge is -2.15. The number of ether oxygens (including phenoxy) is 2. The van der Waals surface area contributed by atoms with Gasteiger partial charge in [0.05, 0.1) is 20.6 Å². The fourth-order valence-electron chi connectivity index (χ4n) is 3.48. The summed E-state index contributed by atoms with van der Waals surface area (Å²) in [4.78, 5) is 25.5. The monoisotopic (exact) mass is 460 g/mol. The van der Waals surface area contributed by atoms with Crippen LogP contribution in [-0.4, -0.2) is 31.9 Å². The van der Waals surface area contributed by atoms with Gasteiger partial charge in [0.1, 0.15) is 17.3 Å². The summed E-state index contributed by atoms with van der Waals surface area (Å²) in [7, 11) is 3.06. The topological polar surface area (TPSA) is 127 Å². The summed E-state index contributed by atoms with van der Waals surface area (Å²) in [5, 5.41) is 13.5. The predicted octanol–water partition coefficient (Wildman–Crippen LogP) is 3.41. The molecule has 0 aliphatic rings. The number of methoxy groups -OCH3 is 2. The second-order valence-electron chi connectivity index (χ2n) is 7.68. The summed E-state index contributed by atoms with van der Waals surface area (Å²) in [5.74, 6) is 0.433. The predicted molar refractivity (Wildman–Crippen MR) is 132 cm³/mol. The molecule has 5 N–H and O–H groups in total. The zero-order chi connectivity index (χ0) is 24.7. The highest BCUT2D eigenvalue weighted by Gasteiger charge is 2.15. The lowest BCUT2D eigenvalue weighted by atomic mass is 10.1. The molecule has 2 amide bonds. The van der Waals surface area contributed by atoms with Gasteiger partial charge >= 0.3 is 0 Å². The number of anilines is 1. The number of nitrogens with two attached hydrogens (primary N) is 1. The highest BCUT2D eigenvalue weighted by atomic mass is 16.5. The molecule has 3 aromatic carbocycles. The van der Waals surface area contributed by atoms with Crippen LogP contribution in [0.15, 0.2) is 60.7 Å². The molecule has 0 radical (unpaired) electrons. The first-order valence-corrected chi connectivity index (χ1v) is 10.6. The van der Waals surface area contributed by atoms with E-state index >= 15 is 0 Å². The average molecular weight is 461 g/mol. The standard InChI is InChI=1S/C26H28N4O4/c1-16-22(33-2)13-20(14-23(16)34-3)26(32)29-15-19-10-9-18(25(27)28)12-21(19)30-24(31)11-17-7-5-4-6-8-17/h4-10,12-14H,11,15H2,1-3H3,(H3,27,28)(H,29,32)(H,30,31). The van der Waals surface area contributed by atoms with Gasteiger partial charge in [0, 0.05) is 28.9 Å². The Morgan fingerprint density at radius 2 is 1.59 bits per heavy atom. The smallest absolute Gasteiger partial charge is 0.251 e. The summed E-state index contributed by atoms with van der Waals surface area (Å²) in [6.45, 7) is 2.00. The van der Waals surface area contributed by atoms with Gasteiger partial charge < -0.3 is 25.8 Å². The van der Waals surface area contributed by atoms with Crippen molar-refractivity contribution in [2.24, 2.45) is 5.73 Å². The van der Waals surface area contributed by atoms with Crippen molar-refractivity contribution in [3.8, 4) is 11.5 Å². The minimum atomic E-state index is -0.325. The van der Waals surface area contributed by atoms with Crippen LogP contribution in [0.1, 0.15) is 32.6 Å². The summed E-state index contributed by atoms with van der Waals surface area (Å²) in [5.41, 5.74) is 9.31. The molecule has 8 nitrogen and oxygen atoms in total. The largest absolute Gasteiger partial charge is 0.496 e. The van der Waals surface area contributed by atoms with Gasteiger partial charge in [0.2, 0.25) is 5.91 Å². The second kappa shape index (κ2) is 11.0. The molecule has 3 rings (SSSR count). The summed E-state index contributed by atoms with van der Waals surface area (Å²) >= 11 is 0. The number of hydrogen-bond acceptors (Lipinski definition) is 5. The van der Waals surface area contributed by atoms with Crippen molar-refractivity contribution in [1.82, 2.24) is 5.32 Å². The zero-order valence-electron chi connectivity index (χ0n) is 19.4. The van der Waals surface area contributed by atoms with Crippen molar-refractivity contribution < 1.29 is 19.1 Å². The van der Waals surface area contributed by atoms with E-state index < -0.39 is 0 Å². The van der Waals surface area contributed by atoms with Crippen LogP contribution in [0.3, 0.4) is 0 Å². The number of benzene rings is 3. The molecule has 176 valence electrons. The molecule has 0 saturated heterocycles. The van der Waals surface area contributed by atoms with Crippen LogP contribution in [0, 0.1) is 12.3 Å². The number of nitrogens with one attached hydrogen (secondary N) is 3. The van der Waals surface area contributed by atoms with E-state index in [1.165, 1.54) is 14.2 Å². The van der Waals surface area contributed by atoms with Gasteiger partial charge in [-0.2, -0.15) is 0 Å². The third-order valence-electron chi connectivity index (χ3n) is 5.36. The van der Waals surface area contributed by atoms with Crippen LogP contribution < -0.4 is 25.8 Å². The Labute approximate surface area is 198 Å². The maximum absolute atomic E-state index is 12.9. The van der Waals surface area contributed by atoms with Crippen LogP contribution in [0.5, 0.6) is 11.5 Å². The Morgan fingerprint density at radius 1 is 0.941 bits per heavy atom. The molecular weight excluding hydrogens is 432 g/mol. The number of rotatable bonds is 9. The van der Waals surface area contributed by atoms with Gasteiger partial charge in [-0.05, 0) is 36.2 Å². The quantitative estimate of drug-likeness (QED) is 0.288. The molecule has 0 saturated carbocycles. The molecule has 3 aromatic rings. The Balaban J connectivity index is 1.79. The van der Waals surface area contributed by atoms with Gasteiger partial charge in [-0.1, -0.05) is 42.5 Å². The molecule has 0 fully saturated rings. The van der Waals surface area contributed by atoms with E-state index in [1.807, 2.05) is 37.3 Å². The van der Waals surface area contributed by atoms with Crippen LogP contribution in [0.25, 0.3) is 0 Å². The van der Waals surface area contributed by atoms with E-state index in [9.17, 15) is 9.59 Å². The highest BCUT2D eigenvalue weighted by molar-refractivity contribution is 5.99. The third kappa shape index (κ3) is 5.92. The lowest BCUT2D eigenvalue weighted by Crippen LogP contribution is -2.25. The summed E-state index contributed by atoms with van der Waals surface area (Å²) in [6, 6.07) is 17.7. The fraction of sp³-hybridized carbons (Fsp3) is 0.192. The van der Waals surface area contributed by atoms with Crippen LogP contribution in [0.2, 0.25) is 0 Å². The number of carbonyl (C=O) groups excluding carboxylic acids is 2. The molecule has 0 aliphatic carbocycles. The van der Waals surface area contributed by atoms with E-state index in [-0.39, 0.29) is 30.6 Å². The molecule has 0 spiro atoms. The first kappa shape index (κ1) is 24.3. The average Bonchev–Trinajstić information content (AvgIpc) is 2.83. The van der Waals surface area contributed by atoms with Gasteiger partial charge in [0.25, 0.3) is 5.91 Å². The van der Waals surface area contributed by atoms with Gasteiger partial charge in [-0.15, -0.1) is 0 Å². The molecule has 34 heavy (non-hydrogen) atoms. The molecule has 8 heteroatoms.